The standard InChI is InChI=1S/C37H44ClI2N2S2/c1-36(2)29-23-27(39)13-15-31(29)41(19-7-21-43-5)33(36)17-11-25-9-10-26(35(25)38)12-18-34-37(3,4)30-24-28(40)14-16-32(30)42(34)20-8-22-44-6/h11-18,23-24H,7-10,19-22H2,1-6H3/q+1. The fraction of sp³-hybridized carbons (Fsp3) is 0.432. The Morgan fingerprint density at radius 2 is 1.55 bits per heavy atom. The number of thioether (sulfide) groups is 2. The van der Waals surface area contributed by atoms with Gasteiger partial charge in [0.2, 0.25) is 5.69 Å². The Bertz CT molecular complexity index is 1580. The van der Waals surface area contributed by atoms with Crippen LogP contribution >= 0.6 is 80.3 Å². The van der Waals surface area contributed by atoms with E-state index in [1.54, 1.807) is 0 Å². The maximum Gasteiger partial charge on any atom is 0.209 e. The van der Waals surface area contributed by atoms with Gasteiger partial charge in [0, 0.05) is 59.6 Å². The monoisotopic (exact) mass is 869 g/mol. The molecule has 1 aliphatic carbocycles. The molecule has 0 N–H and O–H groups in total. The molecule has 2 aliphatic heterocycles. The molecule has 0 bridgehead atoms. The molecule has 2 aromatic carbocycles. The van der Waals surface area contributed by atoms with Crippen molar-refractivity contribution in [1.82, 2.24) is 0 Å². The summed E-state index contributed by atoms with van der Waals surface area (Å²) in [6, 6.07) is 13.8. The zero-order valence-electron chi connectivity index (χ0n) is 26.8. The second-order valence-corrected chi connectivity index (χ2v) is 17.7. The lowest BCUT2D eigenvalue weighted by Gasteiger charge is -2.27. The predicted molar refractivity (Wildman–Crippen MR) is 215 cm³/mol. The highest BCUT2D eigenvalue weighted by Crippen LogP contribution is 2.49. The van der Waals surface area contributed by atoms with Gasteiger partial charge >= 0.3 is 0 Å². The fourth-order valence-electron chi connectivity index (χ4n) is 6.88. The van der Waals surface area contributed by atoms with Crippen LogP contribution in [-0.4, -0.2) is 47.4 Å². The lowest BCUT2D eigenvalue weighted by molar-refractivity contribution is -0.437. The molecule has 0 fully saturated rings. The first-order valence-electron chi connectivity index (χ1n) is 15.5. The van der Waals surface area contributed by atoms with Crippen molar-refractivity contribution in [3.63, 3.8) is 0 Å². The summed E-state index contributed by atoms with van der Waals surface area (Å²) in [5, 5.41) is 0.923. The second kappa shape index (κ2) is 14.6. The van der Waals surface area contributed by atoms with Gasteiger partial charge in [-0.3, -0.25) is 0 Å². The van der Waals surface area contributed by atoms with Crippen molar-refractivity contribution in [3.8, 4) is 0 Å². The van der Waals surface area contributed by atoms with Gasteiger partial charge in [0.15, 0.2) is 5.71 Å². The van der Waals surface area contributed by atoms with Crippen LogP contribution in [-0.2, 0) is 10.8 Å². The van der Waals surface area contributed by atoms with Crippen molar-refractivity contribution in [2.45, 2.75) is 64.2 Å². The fourth-order valence-corrected chi connectivity index (χ4v) is 9.01. The third kappa shape index (κ3) is 6.95. The van der Waals surface area contributed by atoms with Gasteiger partial charge in [-0.05, 0) is 155 Å². The second-order valence-electron chi connectivity index (χ2n) is 12.9. The zero-order valence-corrected chi connectivity index (χ0v) is 33.5. The summed E-state index contributed by atoms with van der Waals surface area (Å²) >= 11 is 15.9. The first-order chi connectivity index (χ1) is 21.0. The Morgan fingerprint density at radius 3 is 2.27 bits per heavy atom. The summed E-state index contributed by atoms with van der Waals surface area (Å²) in [5.74, 6) is 2.34. The summed E-state index contributed by atoms with van der Waals surface area (Å²) < 4.78 is 5.13. The maximum absolute atomic E-state index is 7.14. The number of anilines is 1. The number of benzene rings is 2. The van der Waals surface area contributed by atoms with Crippen LogP contribution in [0.15, 0.2) is 82.6 Å². The van der Waals surface area contributed by atoms with Crippen LogP contribution in [0.1, 0.15) is 64.5 Å². The molecule has 0 amide bonds. The van der Waals surface area contributed by atoms with E-state index in [4.69, 9.17) is 11.6 Å². The largest absolute Gasteiger partial charge is 0.344 e. The third-order valence-corrected chi connectivity index (χ3v) is 12.5. The summed E-state index contributed by atoms with van der Waals surface area (Å²) in [4.78, 5) is 2.55. The van der Waals surface area contributed by atoms with Crippen molar-refractivity contribution in [2.24, 2.45) is 0 Å². The quantitative estimate of drug-likeness (QED) is 0.126. The average Bonchev–Trinajstić information content (AvgIpc) is 3.51. The molecule has 44 heavy (non-hydrogen) atoms. The van der Waals surface area contributed by atoms with Crippen molar-refractivity contribution in [1.29, 1.82) is 0 Å². The molecule has 0 saturated heterocycles. The van der Waals surface area contributed by atoms with Gasteiger partial charge in [-0.15, -0.1) is 0 Å². The number of fused-ring (bicyclic) bond motifs is 2. The van der Waals surface area contributed by atoms with Crippen molar-refractivity contribution >= 4 is 97.4 Å². The van der Waals surface area contributed by atoms with Gasteiger partial charge in [-0.25, -0.2) is 0 Å². The van der Waals surface area contributed by atoms with E-state index in [1.807, 2.05) is 23.5 Å². The average molecular weight is 870 g/mol. The van der Waals surface area contributed by atoms with Crippen molar-refractivity contribution in [2.75, 3.05) is 42.0 Å². The molecule has 0 spiro atoms. The minimum Gasteiger partial charge on any atom is -0.344 e. The Kier molecular flexibility index (Phi) is 11.5. The highest BCUT2D eigenvalue weighted by Gasteiger charge is 2.44. The van der Waals surface area contributed by atoms with E-state index in [-0.39, 0.29) is 10.8 Å². The van der Waals surface area contributed by atoms with Gasteiger partial charge in [0.1, 0.15) is 6.54 Å². The first kappa shape index (κ1) is 34.6. The number of hydrogen-bond acceptors (Lipinski definition) is 3. The lowest BCUT2D eigenvalue weighted by atomic mass is 9.81. The van der Waals surface area contributed by atoms with Gasteiger partial charge in [-0.2, -0.15) is 28.1 Å². The van der Waals surface area contributed by atoms with Crippen LogP contribution in [0.2, 0.25) is 0 Å². The van der Waals surface area contributed by atoms with E-state index < -0.39 is 0 Å². The predicted octanol–water partition coefficient (Wildman–Crippen LogP) is 11.2. The summed E-state index contributed by atoms with van der Waals surface area (Å²) in [6.45, 7) is 11.5. The van der Waals surface area contributed by atoms with Gasteiger partial charge < -0.3 is 4.90 Å². The van der Waals surface area contributed by atoms with Crippen LogP contribution in [0.5, 0.6) is 0 Å². The molecule has 234 valence electrons. The van der Waals surface area contributed by atoms with Crippen LogP contribution < -0.4 is 4.90 Å². The van der Waals surface area contributed by atoms with Crippen LogP contribution in [0.4, 0.5) is 11.4 Å². The molecular formula is C37H44ClI2N2S2+. The van der Waals surface area contributed by atoms with Crippen LogP contribution in [0.3, 0.4) is 0 Å². The van der Waals surface area contributed by atoms with Crippen LogP contribution in [0, 0.1) is 7.14 Å². The minimum absolute atomic E-state index is 0.0538. The van der Waals surface area contributed by atoms with Gasteiger partial charge in [0.05, 0.1) is 5.41 Å². The molecule has 2 aromatic rings. The van der Waals surface area contributed by atoms with E-state index in [9.17, 15) is 0 Å². The Morgan fingerprint density at radius 1 is 0.864 bits per heavy atom. The summed E-state index contributed by atoms with van der Waals surface area (Å²) in [7, 11) is 0. The molecule has 0 radical (unpaired) electrons. The van der Waals surface area contributed by atoms with Crippen LogP contribution in [0.25, 0.3) is 0 Å². The molecule has 0 aromatic heterocycles. The molecule has 7 heteroatoms. The highest BCUT2D eigenvalue weighted by molar-refractivity contribution is 14.1. The van der Waals surface area contributed by atoms with E-state index in [1.165, 1.54) is 76.5 Å². The SMILES string of the molecule is CSCCCN1C(=CC=C2CCC(C=CC3=[N+](CCCSC)c4ccc(I)cc4C3(C)C)=C2Cl)C(C)(C)c2cc(I)ccc21. The molecule has 2 heterocycles. The van der Waals surface area contributed by atoms with Crippen molar-refractivity contribution in [3.05, 3.63) is 101 Å². The molecular weight excluding hydrogens is 826 g/mol. The Balaban J connectivity index is 1.46. The molecule has 2 nitrogen and oxygen atoms in total. The number of hydrogen-bond donors (Lipinski definition) is 0. The maximum atomic E-state index is 7.14. The minimum atomic E-state index is -0.0538. The van der Waals surface area contributed by atoms with E-state index in [0.717, 1.165) is 31.0 Å². The number of rotatable bonds is 11. The smallest absolute Gasteiger partial charge is 0.209 e. The van der Waals surface area contributed by atoms with Gasteiger partial charge in [0.25, 0.3) is 0 Å². The lowest BCUT2D eigenvalue weighted by Crippen LogP contribution is -2.28. The summed E-state index contributed by atoms with van der Waals surface area (Å²) in [5.41, 5.74) is 10.7. The summed E-state index contributed by atoms with van der Waals surface area (Å²) in [6.07, 6.45) is 18.0. The number of nitrogens with zero attached hydrogens (tertiary/aromatic N) is 2. The van der Waals surface area contributed by atoms with Crippen molar-refractivity contribution < 1.29 is 4.58 Å². The van der Waals surface area contributed by atoms with E-state index in [2.05, 4.69) is 156 Å². The third-order valence-electron chi connectivity index (χ3n) is 9.28. The number of halogens is 3. The molecule has 3 aliphatic rings. The van der Waals surface area contributed by atoms with Gasteiger partial charge in [-0.1, -0.05) is 37.6 Å². The molecule has 0 saturated carbocycles. The Labute approximate surface area is 306 Å². The molecule has 0 unspecified atom stereocenters. The molecule has 5 rings (SSSR count). The molecule has 0 atom stereocenters. The normalized spacial score (nSPS) is 20.6. The van der Waals surface area contributed by atoms with E-state index in [0.29, 0.717) is 0 Å². The Hall–Kier alpha value is -0.680. The number of allylic oxidation sites excluding steroid dienone is 8. The first-order valence-corrected chi connectivity index (χ1v) is 20.8. The highest BCUT2D eigenvalue weighted by atomic mass is 127. The topological polar surface area (TPSA) is 6.25 Å². The zero-order chi connectivity index (χ0) is 31.6. The van der Waals surface area contributed by atoms with E-state index >= 15 is 0 Å².